The molecule has 1 saturated carbocycles. The normalized spacial score (nSPS) is 18.3. The van der Waals surface area contributed by atoms with Crippen molar-refractivity contribution in [3.8, 4) is 0 Å². The Labute approximate surface area is 70.0 Å². The summed E-state index contributed by atoms with van der Waals surface area (Å²) in [7, 11) is 2.22. The monoisotopic (exact) mass is 156 g/mol. The van der Waals surface area contributed by atoms with Crippen LogP contribution in [-0.2, 0) is 0 Å². The third-order valence-electron chi connectivity index (χ3n) is 2.19. The van der Waals surface area contributed by atoms with E-state index in [2.05, 4.69) is 31.1 Å². The first-order chi connectivity index (χ1) is 5.20. The van der Waals surface area contributed by atoms with Gasteiger partial charge >= 0.3 is 0 Å². The molecule has 2 nitrogen and oxygen atoms in total. The third kappa shape index (κ3) is 3.73. The van der Waals surface area contributed by atoms with Crippen LogP contribution in [0.25, 0.3) is 0 Å². The van der Waals surface area contributed by atoms with E-state index in [1.807, 2.05) is 0 Å². The number of likely N-dealkylation sites (N-methyl/N-ethyl adjacent to an activating group) is 1. The molecule has 0 spiro atoms. The summed E-state index contributed by atoms with van der Waals surface area (Å²) in [6, 6.07) is 1.53. The number of rotatable bonds is 5. The molecule has 1 N–H and O–H groups in total. The van der Waals surface area contributed by atoms with Gasteiger partial charge in [0.15, 0.2) is 0 Å². The number of hydrogen-bond donors (Lipinski definition) is 1. The molecule has 0 aromatic rings. The highest BCUT2D eigenvalue weighted by Gasteiger charge is 2.25. The highest BCUT2D eigenvalue weighted by Crippen LogP contribution is 2.24. The van der Waals surface area contributed by atoms with Crippen molar-refractivity contribution in [3.63, 3.8) is 0 Å². The zero-order valence-electron chi connectivity index (χ0n) is 7.93. The van der Waals surface area contributed by atoms with E-state index in [1.165, 1.54) is 19.4 Å². The summed E-state index contributed by atoms with van der Waals surface area (Å²) >= 11 is 0. The van der Waals surface area contributed by atoms with E-state index in [0.29, 0.717) is 6.04 Å². The van der Waals surface area contributed by atoms with Crippen molar-refractivity contribution in [2.75, 3.05) is 20.1 Å². The second-order valence-corrected chi connectivity index (χ2v) is 3.82. The van der Waals surface area contributed by atoms with Crippen LogP contribution in [0.3, 0.4) is 0 Å². The van der Waals surface area contributed by atoms with Crippen LogP contribution in [0.5, 0.6) is 0 Å². The highest BCUT2D eigenvalue weighted by molar-refractivity contribution is 4.82. The molecule has 0 unspecified atom stereocenters. The van der Waals surface area contributed by atoms with E-state index in [1.54, 1.807) is 0 Å². The molecule has 2 heteroatoms. The Bertz CT molecular complexity index is 108. The van der Waals surface area contributed by atoms with Crippen molar-refractivity contribution in [2.45, 2.75) is 38.8 Å². The van der Waals surface area contributed by atoms with Crippen molar-refractivity contribution in [1.82, 2.24) is 10.2 Å². The van der Waals surface area contributed by atoms with Crippen molar-refractivity contribution in [1.29, 1.82) is 0 Å². The van der Waals surface area contributed by atoms with E-state index in [0.717, 1.165) is 12.6 Å². The van der Waals surface area contributed by atoms with Crippen LogP contribution < -0.4 is 5.32 Å². The Morgan fingerprint density at radius 2 is 2.09 bits per heavy atom. The zero-order chi connectivity index (χ0) is 8.27. The Morgan fingerprint density at radius 3 is 2.55 bits per heavy atom. The molecule has 0 heterocycles. The van der Waals surface area contributed by atoms with Crippen LogP contribution in [0.1, 0.15) is 26.7 Å². The molecule has 1 aliphatic rings. The van der Waals surface area contributed by atoms with Crippen molar-refractivity contribution >= 4 is 0 Å². The highest BCUT2D eigenvalue weighted by atomic mass is 15.2. The van der Waals surface area contributed by atoms with Gasteiger partial charge in [-0.1, -0.05) is 13.8 Å². The zero-order valence-corrected chi connectivity index (χ0v) is 7.93. The van der Waals surface area contributed by atoms with Gasteiger partial charge in [0.05, 0.1) is 0 Å². The second-order valence-electron chi connectivity index (χ2n) is 3.82. The quantitative estimate of drug-likeness (QED) is 0.641. The lowest BCUT2D eigenvalue weighted by atomic mass is 10.4. The van der Waals surface area contributed by atoms with E-state index < -0.39 is 0 Å². The van der Waals surface area contributed by atoms with Gasteiger partial charge in [-0.2, -0.15) is 0 Å². The molecule has 0 atom stereocenters. The molecule has 1 rings (SSSR count). The van der Waals surface area contributed by atoms with Gasteiger partial charge in [0.1, 0.15) is 0 Å². The minimum absolute atomic E-state index is 0.627. The third-order valence-corrected chi connectivity index (χ3v) is 2.19. The molecule has 0 saturated heterocycles. The Kier molecular flexibility index (Phi) is 3.34. The smallest absolute Gasteiger partial charge is 0.0107 e. The largest absolute Gasteiger partial charge is 0.313 e. The molecule has 1 fully saturated rings. The van der Waals surface area contributed by atoms with Gasteiger partial charge in [-0.25, -0.2) is 0 Å². The molecule has 0 aromatic heterocycles. The topological polar surface area (TPSA) is 15.3 Å². The standard InChI is InChI=1S/C9H20N2/c1-8(2)10-6-7-11(3)9-4-5-9/h8-10H,4-7H2,1-3H3. The van der Waals surface area contributed by atoms with Gasteiger partial charge in [0, 0.05) is 25.2 Å². The Hall–Kier alpha value is -0.0800. The number of nitrogens with one attached hydrogen (secondary N) is 1. The lowest BCUT2D eigenvalue weighted by Gasteiger charge is -2.16. The summed E-state index contributed by atoms with van der Waals surface area (Å²) in [6.07, 6.45) is 2.83. The average molecular weight is 156 g/mol. The van der Waals surface area contributed by atoms with Gasteiger partial charge in [0.25, 0.3) is 0 Å². The summed E-state index contributed by atoms with van der Waals surface area (Å²) in [5.74, 6) is 0. The van der Waals surface area contributed by atoms with Gasteiger partial charge in [-0.15, -0.1) is 0 Å². The average Bonchev–Trinajstić information content (AvgIpc) is 2.66. The van der Waals surface area contributed by atoms with Crippen LogP contribution in [0.4, 0.5) is 0 Å². The fourth-order valence-electron chi connectivity index (χ4n) is 1.23. The lowest BCUT2D eigenvalue weighted by Crippen LogP contribution is -2.33. The first-order valence-corrected chi connectivity index (χ1v) is 4.64. The number of nitrogens with zero attached hydrogens (tertiary/aromatic N) is 1. The van der Waals surface area contributed by atoms with Crippen LogP contribution in [-0.4, -0.2) is 37.1 Å². The van der Waals surface area contributed by atoms with Crippen LogP contribution in [0.2, 0.25) is 0 Å². The Morgan fingerprint density at radius 1 is 1.45 bits per heavy atom. The Balaban J connectivity index is 1.93. The minimum Gasteiger partial charge on any atom is -0.313 e. The van der Waals surface area contributed by atoms with Gasteiger partial charge in [-0.05, 0) is 19.9 Å². The number of hydrogen-bond acceptors (Lipinski definition) is 2. The SMILES string of the molecule is CC(C)NCCN(C)C1CC1. The first kappa shape index (κ1) is 9.01. The molecular weight excluding hydrogens is 136 g/mol. The first-order valence-electron chi connectivity index (χ1n) is 4.64. The van der Waals surface area contributed by atoms with Crippen molar-refractivity contribution in [2.24, 2.45) is 0 Å². The molecule has 66 valence electrons. The molecule has 0 radical (unpaired) electrons. The summed E-state index contributed by atoms with van der Waals surface area (Å²) in [5.41, 5.74) is 0. The molecular formula is C9H20N2. The molecule has 0 amide bonds. The maximum absolute atomic E-state index is 3.42. The summed E-state index contributed by atoms with van der Waals surface area (Å²) < 4.78 is 0. The predicted octanol–water partition coefficient (Wildman–Crippen LogP) is 1.08. The minimum atomic E-state index is 0.627. The fraction of sp³-hybridized carbons (Fsp3) is 1.00. The molecule has 0 bridgehead atoms. The van der Waals surface area contributed by atoms with Gasteiger partial charge in [-0.3, -0.25) is 0 Å². The maximum Gasteiger partial charge on any atom is 0.0107 e. The van der Waals surface area contributed by atoms with Crippen LogP contribution in [0, 0.1) is 0 Å². The van der Waals surface area contributed by atoms with E-state index in [9.17, 15) is 0 Å². The summed E-state index contributed by atoms with van der Waals surface area (Å²) in [6.45, 7) is 6.71. The predicted molar refractivity (Wildman–Crippen MR) is 48.8 cm³/mol. The van der Waals surface area contributed by atoms with Crippen LogP contribution in [0.15, 0.2) is 0 Å². The molecule has 0 aliphatic heterocycles. The molecule has 1 aliphatic carbocycles. The summed E-state index contributed by atoms with van der Waals surface area (Å²) in [5, 5.41) is 3.42. The maximum atomic E-state index is 3.42. The van der Waals surface area contributed by atoms with E-state index >= 15 is 0 Å². The molecule has 0 aromatic carbocycles. The van der Waals surface area contributed by atoms with Crippen LogP contribution >= 0.6 is 0 Å². The van der Waals surface area contributed by atoms with E-state index in [4.69, 9.17) is 0 Å². The van der Waals surface area contributed by atoms with E-state index in [-0.39, 0.29) is 0 Å². The lowest BCUT2D eigenvalue weighted by molar-refractivity contribution is 0.317. The molecule has 11 heavy (non-hydrogen) atoms. The summed E-state index contributed by atoms with van der Waals surface area (Å²) in [4.78, 5) is 2.45. The fourth-order valence-corrected chi connectivity index (χ4v) is 1.23. The van der Waals surface area contributed by atoms with Gasteiger partial charge in [0.2, 0.25) is 0 Å². The second kappa shape index (κ2) is 4.07. The van der Waals surface area contributed by atoms with Crippen molar-refractivity contribution in [3.05, 3.63) is 0 Å². The van der Waals surface area contributed by atoms with Gasteiger partial charge < -0.3 is 10.2 Å². The van der Waals surface area contributed by atoms with Crippen molar-refractivity contribution < 1.29 is 0 Å².